The van der Waals surface area contributed by atoms with Crippen molar-refractivity contribution in [2.75, 3.05) is 25.0 Å². The zero-order chi connectivity index (χ0) is 19.4. The molecule has 0 aliphatic carbocycles. The Labute approximate surface area is 162 Å². The minimum atomic E-state index is -3.79. The molecule has 144 valence electrons. The van der Waals surface area contributed by atoms with Crippen molar-refractivity contribution >= 4 is 33.4 Å². The van der Waals surface area contributed by atoms with Gasteiger partial charge in [0, 0.05) is 19.6 Å². The second-order valence-corrected chi connectivity index (χ2v) is 8.52. The van der Waals surface area contributed by atoms with Crippen LogP contribution < -0.4 is 5.32 Å². The Morgan fingerprint density at radius 3 is 2.44 bits per heavy atom. The quantitative estimate of drug-likeness (QED) is 0.822. The standard InChI is InChI=1S/C18H19ClFN3O3S/c19-16-4-1-2-5-17(16)21-18(24)13-23-11-3-10-22(27(23,25)26)12-14-6-8-15(20)9-7-14/h1-2,4-9H,3,10-13H2,(H,21,24). The molecule has 2 aromatic carbocycles. The Bertz CT molecular complexity index is 922. The summed E-state index contributed by atoms with van der Waals surface area (Å²) in [6.45, 7) is 0.444. The molecule has 1 N–H and O–H groups in total. The average Bonchev–Trinajstić information content (AvgIpc) is 2.62. The lowest BCUT2D eigenvalue weighted by molar-refractivity contribution is -0.116. The molecule has 3 rings (SSSR count). The number of rotatable bonds is 5. The van der Waals surface area contributed by atoms with Gasteiger partial charge in [-0.2, -0.15) is 17.0 Å². The Balaban J connectivity index is 1.67. The minimum Gasteiger partial charge on any atom is -0.324 e. The van der Waals surface area contributed by atoms with Gasteiger partial charge in [0.1, 0.15) is 5.82 Å². The van der Waals surface area contributed by atoms with Crippen LogP contribution in [0, 0.1) is 5.82 Å². The highest BCUT2D eigenvalue weighted by Crippen LogP contribution is 2.22. The zero-order valence-corrected chi connectivity index (χ0v) is 16.0. The van der Waals surface area contributed by atoms with Crippen molar-refractivity contribution in [3.63, 3.8) is 0 Å². The molecule has 1 amide bonds. The molecule has 2 aromatic rings. The van der Waals surface area contributed by atoms with Gasteiger partial charge < -0.3 is 5.32 Å². The molecule has 1 heterocycles. The van der Waals surface area contributed by atoms with Crippen LogP contribution in [0.25, 0.3) is 0 Å². The van der Waals surface area contributed by atoms with Crippen molar-refractivity contribution in [2.45, 2.75) is 13.0 Å². The van der Waals surface area contributed by atoms with E-state index < -0.39 is 16.1 Å². The maximum absolute atomic E-state index is 13.0. The maximum Gasteiger partial charge on any atom is 0.282 e. The van der Waals surface area contributed by atoms with Crippen LogP contribution in [0.5, 0.6) is 0 Å². The fourth-order valence-corrected chi connectivity index (χ4v) is 4.67. The molecule has 0 unspecified atom stereocenters. The van der Waals surface area contributed by atoms with Crippen molar-refractivity contribution in [3.8, 4) is 0 Å². The van der Waals surface area contributed by atoms with Crippen LogP contribution in [-0.2, 0) is 21.5 Å². The Hall–Kier alpha value is -2.00. The van der Waals surface area contributed by atoms with E-state index in [0.717, 1.165) is 4.31 Å². The van der Waals surface area contributed by atoms with Crippen LogP contribution in [0.15, 0.2) is 48.5 Å². The third-order valence-corrected chi connectivity index (χ3v) is 6.47. The van der Waals surface area contributed by atoms with Crippen molar-refractivity contribution in [1.29, 1.82) is 0 Å². The highest BCUT2D eigenvalue weighted by atomic mass is 35.5. The number of hydrogen-bond donors (Lipinski definition) is 1. The number of para-hydroxylation sites is 1. The fraction of sp³-hybridized carbons (Fsp3) is 0.278. The van der Waals surface area contributed by atoms with E-state index >= 15 is 0 Å². The number of benzene rings is 2. The zero-order valence-electron chi connectivity index (χ0n) is 14.4. The third-order valence-electron chi connectivity index (χ3n) is 4.21. The van der Waals surface area contributed by atoms with Crippen LogP contribution in [0.4, 0.5) is 10.1 Å². The molecule has 0 aromatic heterocycles. The maximum atomic E-state index is 13.0. The predicted molar refractivity (Wildman–Crippen MR) is 102 cm³/mol. The third kappa shape index (κ3) is 4.84. The molecule has 1 fully saturated rings. The first-order valence-electron chi connectivity index (χ1n) is 8.40. The lowest BCUT2D eigenvalue weighted by Crippen LogP contribution is -2.51. The number of anilines is 1. The average molecular weight is 412 g/mol. The van der Waals surface area contributed by atoms with Crippen LogP contribution >= 0.6 is 11.6 Å². The second kappa shape index (κ2) is 8.35. The number of nitrogens with one attached hydrogen (secondary N) is 1. The molecule has 0 spiro atoms. The Kier molecular flexibility index (Phi) is 6.11. The minimum absolute atomic E-state index is 0.130. The highest BCUT2D eigenvalue weighted by Gasteiger charge is 2.34. The van der Waals surface area contributed by atoms with Gasteiger partial charge in [0.25, 0.3) is 10.2 Å². The van der Waals surface area contributed by atoms with E-state index in [1.165, 1.54) is 16.4 Å². The fourth-order valence-electron chi connectivity index (χ4n) is 2.84. The molecule has 6 nitrogen and oxygen atoms in total. The first-order chi connectivity index (χ1) is 12.9. The van der Waals surface area contributed by atoms with Crippen molar-refractivity contribution in [1.82, 2.24) is 8.61 Å². The topological polar surface area (TPSA) is 69.7 Å². The lowest BCUT2D eigenvalue weighted by atomic mass is 10.2. The summed E-state index contributed by atoms with van der Waals surface area (Å²) >= 11 is 6.01. The van der Waals surface area contributed by atoms with E-state index in [2.05, 4.69) is 5.32 Å². The van der Waals surface area contributed by atoms with Gasteiger partial charge in [-0.25, -0.2) is 4.39 Å². The molecule has 1 aliphatic rings. The van der Waals surface area contributed by atoms with E-state index in [1.54, 1.807) is 36.4 Å². The monoisotopic (exact) mass is 411 g/mol. The molecule has 0 saturated carbocycles. The number of carbonyl (C=O) groups excluding carboxylic acids is 1. The summed E-state index contributed by atoms with van der Waals surface area (Å²) in [5.74, 6) is -0.839. The molecule has 1 saturated heterocycles. The molecule has 1 aliphatic heterocycles. The summed E-state index contributed by atoms with van der Waals surface area (Å²) in [4.78, 5) is 12.3. The van der Waals surface area contributed by atoms with Crippen LogP contribution in [0.2, 0.25) is 5.02 Å². The summed E-state index contributed by atoms with van der Waals surface area (Å²) in [7, 11) is -3.79. The number of hydrogen-bond acceptors (Lipinski definition) is 3. The Morgan fingerprint density at radius 1 is 1.07 bits per heavy atom. The van der Waals surface area contributed by atoms with Gasteiger partial charge in [0.2, 0.25) is 5.91 Å². The lowest BCUT2D eigenvalue weighted by Gasteiger charge is -2.34. The molecule has 27 heavy (non-hydrogen) atoms. The smallest absolute Gasteiger partial charge is 0.282 e. The number of amides is 1. The van der Waals surface area contributed by atoms with Gasteiger partial charge in [0.05, 0.1) is 17.3 Å². The van der Waals surface area contributed by atoms with Gasteiger partial charge in [-0.15, -0.1) is 0 Å². The van der Waals surface area contributed by atoms with Crippen molar-refractivity contribution < 1.29 is 17.6 Å². The van der Waals surface area contributed by atoms with E-state index in [-0.39, 0.29) is 25.5 Å². The SMILES string of the molecule is O=C(CN1CCCN(Cc2ccc(F)cc2)S1(=O)=O)Nc1ccccc1Cl. The van der Waals surface area contributed by atoms with E-state index in [1.807, 2.05) is 0 Å². The number of carbonyl (C=O) groups is 1. The van der Waals surface area contributed by atoms with E-state index in [4.69, 9.17) is 11.6 Å². The van der Waals surface area contributed by atoms with Crippen molar-refractivity contribution in [2.24, 2.45) is 0 Å². The highest BCUT2D eigenvalue weighted by molar-refractivity contribution is 7.86. The Morgan fingerprint density at radius 2 is 1.74 bits per heavy atom. The first kappa shape index (κ1) is 19.8. The predicted octanol–water partition coefficient (Wildman–Crippen LogP) is 2.87. The van der Waals surface area contributed by atoms with Crippen LogP contribution in [-0.4, -0.2) is 42.6 Å². The van der Waals surface area contributed by atoms with Crippen LogP contribution in [0.3, 0.4) is 0 Å². The van der Waals surface area contributed by atoms with Gasteiger partial charge in [-0.1, -0.05) is 35.9 Å². The van der Waals surface area contributed by atoms with E-state index in [0.29, 0.717) is 29.2 Å². The molecule has 0 bridgehead atoms. The van der Waals surface area contributed by atoms with Crippen molar-refractivity contribution in [3.05, 3.63) is 64.9 Å². The first-order valence-corrected chi connectivity index (χ1v) is 10.2. The number of halogens is 2. The normalized spacial score (nSPS) is 17.6. The molecular formula is C18H19ClFN3O3S. The largest absolute Gasteiger partial charge is 0.324 e. The molecule has 0 atom stereocenters. The molecule has 0 radical (unpaired) electrons. The molecule has 9 heteroatoms. The van der Waals surface area contributed by atoms with Gasteiger partial charge in [0.15, 0.2) is 0 Å². The second-order valence-electron chi connectivity index (χ2n) is 6.18. The van der Waals surface area contributed by atoms with E-state index in [9.17, 15) is 17.6 Å². The summed E-state index contributed by atoms with van der Waals surface area (Å²) < 4.78 is 41.1. The van der Waals surface area contributed by atoms with Gasteiger partial charge in [-0.3, -0.25) is 4.79 Å². The summed E-state index contributed by atoms with van der Waals surface area (Å²) in [6, 6.07) is 12.4. The summed E-state index contributed by atoms with van der Waals surface area (Å²) in [6.07, 6.45) is 0.597. The molecular weight excluding hydrogens is 393 g/mol. The van der Waals surface area contributed by atoms with Gasteiger partial charge in [-0.05, 0) is 36.2 Å². The van der Waals surface area contributed by atoms with Crippen LogP contribution in [0.1, 0.15) is 12.0 Å². The van der Waals surface area contributed by atoms with Gasteiger partial charge >= 0.3 is 0 Å². The summed E-state index contributed by atoms with van der Waals surface area (Å²) in [5, 5.41) is 3.01. The number of nitrogens with zero attached hydrogens (tertiary/aromatic N) is 2. The summed E-state index contributed by atoms with van der Waals surface area (Å²) in [5.41, 5.74) is 1.11.